The van der Waals surface area contributed by atoms with Gasteiger partial charge in [-0.05, 0) is 73.1 Å². The molecule has 35 heavy (non-hydrogen) atoms. The summed E-state index contributed by atoms with van der Waals surface area (Å²) in [6, 6.07) is 43.7. The smallest absolute Gasteiger partial charge is 0.143 e. The van der Waals surface area contributed by atoms with Crippen molar-refractivity contribution in [3.63, 3.8) is 0 Å². The summed E-state index contributed by atoms with van der Waals surface area (Å²) in [5.74, 6) is 0. The summed E-state index contributed by atoms with van der Waals surface area (Å²) in [5, 5.41) is 12.3. The minimum atomic E-state index is 0.928. The van der Waals surface area contributed by atoms with Crippen LogP contribution in [-0.2, 0) is 0 Å². The van der Waals surface area contributed by atoms with Gasteiger partial charge >= 0.3 is 0 Å². The molecule has 0 unspecified atom stereocenters. The fourth-order valence-electron chi connectivity index (χ4n) is 5.79. The third kappa shape index (κ3) is 2.64. The molecule has 1 aromatic heterocycles. The molecule has 8 rings (SSSR count). The van der Waals surface area contributed by atoms with Gasteiger partial charge in [-0.2, -0.15) is 0 Å². The van der Waals surface area contributed by atoms with E-state index in [1.165, 1.54) is 54.2 Å². The lowest BCUT2D eigenvalue weighted by molar-refractivity contribution is 0.673. The van der Waals surface area contributed by atoms with Crippen LogP contribution in [0.1, 0.15) is 0 Å². The Balaban J connectivity index is 1.47. The fourth-order valence-corrected chi connectivity index (χ4v) is 5.79. The van der Waals surface area contributed by atoms with Gasteiger partial charge in [-0.3, -0.25) is 0 Å². The SMILES string of the molecule is c1cc(-c2cccc3oc4c5ccccc5ccc4c23)c2cc3ccc4ccccc4c3cc2c1. The molecule has 0 spiro atoms. The second kappa shape index (κ2) is 6.94. The zero-order valence-corrected chi connectivity index (χ0v) is 19.0. The van der Waals surface area contributed by atoms with Gasteiger partial charge in [-0.25, -0.2) is 0 Å². The summed E-state index contributed by atoms with van der Waals surface area (Å²) in [6.07, 6.45) is 0. The van der Waals surface area contributed by atoms with Gasteiger partial charge in [0.2, 0.25) is 0 Å². The Kier molecular flexibility index (Phi) is 3.72. The molecule has 8 aromatic rings. The van der Waals surface area contributed by atoms with E-state index < -0.39 is 0 Å². The molecule has 0 radical (unpaired) electrons. The van der Waals surface area contributed by atoms with Crippen LogP contribution in [0.15, 0.2) is 126 Å². The van der Waals surface area contributed by atoms with Crippen LogP contribution in [0.2, 0.25) is 0 Å². The van der Waals surface area contributed by atoms with Crippen LogP contribution in [0, 0.1) is 0 Å². The average Bonchev–Trinajstić information content (AvgIpc) is 3.31. The molecule has 1 heteroatoms. The van der Waals surface area contributed by atoms with Gasteiger partial charge in [0.25, 0.3) is 0 Å². The quantitative estimate of drug-likeness (QED) is 0.181. The molecule has 1 heterocycles. The second-order valence-corrected chi connectivity index (χ2v) is 9.33. The van der Waals surface area contributed by atoms with Crippen LogP contribution in [0.5, 0.6) is 0 Å². The maximum Gasteiger partial charge on any atom is 0.143 e. The number of furan rings is 1. The lowest BCUT2D eigenvalue weighted by atomic mass is 9.91. The highest BCUT2D eigenvalue weighted by molar-refractivity contribution is 6.21. The van der Waals surface area contributed by atoms with Gasteiger partial charge in [-0.1, -0.05) is 97.1 Å². The number of fused-ring (bicyclic) bond motifs is 9. The van der Waals surface area contributed by atoms with Crippen LogP contribution in [0.25, 0.3) is 76.2 Å². The van der Waals surface area contributed by atoms with Crippen molar-refractivity contribution in [1.82, 2.24) is 0 Å². The highest BCUT2D eigenvalue weighted by Gasteiger charge is 2.16. The predicted octanol–water partition coefficient (Wildman–Crippen LogP) is 9.87. The molecule has 0 aliphatic rings. The van der Waals surface area contributed by atoms with Crippen molar-refractivity contribution in [3.8, 4) is 11.1 Å². The molecule has 162 valence electrons. The lowest BCUT2D eigenvalue weighted by Crippen LogP contribution is -1.85. The first-order chi connectivity index (χ1) is 17.3. The maximum atomic E-state index is 6.46. The first-order valence-corrected chi connectivity index (χ1v) is 12.0. The van der Waals surface area contributed by atoms with Crippen molar-refractivity contribution in [2.45, 2.75) is 0 Å². The summed E-state index contributed by atoms with van der Waals surface area (Å²) in [4.78, 5) is 0. The van der Waals surface area contributed by atoms with E-state index in [9.17, 15) is 0 Å². The van der Waals surface area contributed by atoms with Crippen molar-refractivity contribution < 1.29 is 4.42 Å². The van der Waals surface area contributed by atoms with E-state index in [1.54, 1.807) is 0 Å². The molecular weight excluding hydrogens is 424 g/mol. The van der Waals surface area contributed by atoms with Crippen molar-refractivity contribution in [1.29, 1.82) is 0 Å². The Bertz CT molecular complexity index is 2110. The van der Waals surface area contributed by atoms with E-state index in [0.717, 1.165) is 21.9 Å². The summed E-state index contributed by atoms with van der Waals surface area (Å²) >= 11 is 0. The Morgan fingerprint density at radius 1 is 0.371 bits per heavy atom. The molecular formula is C34H20O. The number of hydrogen-bond donors (Lipinski definition) is 0. The second-order valence-electron chi connectivity index (χ2n) is 9.33. The highest BCUT2D eigenvalue weighted by Crippen LogP contribution is 2.42. The number of benzene rings is 7. The molecule has 0 atom stereocenters. The van der Waals surface area contributed by atoms with E-state index in [-0.39, 0.29) is 0 Å². The molecule has 0 saturated carbocycles. The highest BCUT2D eigenvalue weighted by atomic mass is 16.3. The topological polar surface area (TPSA) is 13.1 Å². The molecule has 0 amide bonds. The Morgan fingerprint density at radius 2 is 1.00 bits per heavy atom. The largest absolute Gasteiger partial charge is 0.455 e. The zero-order valence-electron chi connectivity index (χ0n) is 19.0. The average molecular weight is 445 g/mol. The minimum absolute atomic E-state index is 0.928. The van der Waals surface area contributed by atoms with Gasteiger partial charge in [-0.15, -0.1) is 0 Å². The van der Waals surface area contributed by atoms with E-state index in [0.29, 0.717) is 0 Å². The van der Waals surface area contributed by atoms with Gasteiger partial charge < -0.3 is 4.42 Å². The standard InChI is InChI=1S/C34H20O/c1-3-10-25-21(7-1)15-16-24-20-31-23(19-30(24)25)9-5-12-27(31)28-13-6-14-32-33(28)29-18-17-22-8-2-4-11-26(22)34(29)35-32/h1-20H. The van der Waals surface area contributed by atoms with Crippen molar-refractivity contribution in [2.24, 2.45) is 0 Å². The summed E-state index contributed by atoms with van der Waals surface area (Å²) in [7, 11) is 0. The van der Waals surface area contributed by atoms with Gasteiger partial charge in [0.15, 0.2) is 0 Å². The maximum absolute atomic E-state index is 6.46. The van der Waals surface area contributed by atoms with Crippen LogP contribution in [0.3, 0.4) is 0 Å². The molecule has 1 nitrogen and oxygen atoms in total. The third-order valence-corrected chi connectivity index (χ3v) is 7.42. The molecule has 0 bridgehead atoms. The summed E-state index contributed by atoms with van der Waals surface area (Å²) in [5.41, 5.74) is 4.33. The molecule has 0 saturated heterocycles. The molecule has 0 N–H and O–H groups in total. The van der Waals surface area contributed by atoms with E-state index in [2.05, 4.69) is 121 Å². The van der Waals surface area contributed by atoms with Crippen LogP contribution in [-0.4, -0.2) is 0 Å². The van der Waals surface area contributed by atoms with E-state index in [1.807, 2.05) is 0 Å². The van der Waals surface area contributed by atoms with Crippen LogP contribution < -0.4 is 0 Å². The Morgan fingerprint density at radius 3 is 1.91 bits per heavy atom. The lowest BCUT2D eigenvalue weighted by Gasteiger charge is -2.11. The normalized spacial score (nSPS) is 12.0. The predicted molar refractivity (Wildman–Crippen MR) is 149 cm³/mol. The summed E-state index contributed by atoms with van der Waals surface area (Å²) < 4.78 is 6.46. The van der Waals surface area contributed by atoms with E-state index in [4.69, 9.17) is 4.42 Å². The first kappa shape index (κ1) is 18.8. The first-order valence-electron chi connectivity index (χ1n) is 12.0. The summed E-state index contributed by atoms with van der Waals surface area (Å²) in [6.45, 7) is 0. The van der Waals surface area contributed by atoms with Gasteiger partial charge in [0.1, 0.15) is 11.2 Å². The molecule has 0 fully saturated rings. The molecule has 0 aliphatic carbocycles. The van der Waals surface area contributed by atoms with Crippen molar-refractivity contribution in [3.05, 3.63) is 121 Å². The van der Waals surface area contributed by atoms with Crippen molar-refractivity contribution in [2.75, 3.05) is 0 Å². The van der Waals surface area contributed by atoms with Crippen molar-refractivity contribution >= 4 is 65.0 Å². The molecule has 7 aromatic carbocycles. The van der Waals surface area contributed by atoms with Crippen LogP contribution in [0.4, 0.5) is 0 Å². The fraction of sp³-hybridized carbons (Fsp3) is 0. The number of rotatable bonds is 1. The monoisotopic (exact) mass is 444 g/mol. The Hall–Kier alpha value is -4.62. The number of hydrogen-bond acceptors (Lipinski definition) is 1. The van der Waals surface area contributed by atoms with Gasteiger partial charge in [0, 0.05) is 16.2 Å². The van der Waals surface area contributed by atoms with Crippen LogP contribution >= 0.6 is 0 Å². The third-order valence-electron chi connectivity index (χ3n) is 7.42. The minimum Gasteiger partial charge on any atom is -0.455 e. The van der Waals surface area contributed by atoms with E-state index >= 15 is 0 Å². The van der Waals surface area contributed by atoms with Gasteiger partial charge in [0.05, 0.1) is 0 Å². The molecule has 0 aliphatic heterocycles. The zero-order chi connectivity index (χ0) is 22.9. The Labute approximate surface area is 201 Å².